The molecule has 1 fully saturated rings. The summed E-state index contributed by atoms with van der Waals surface area (Å²) in [6.07, 6.45) is -1.16. The van der Waals surface area contributed by atoms with Gasteiger partial charge in [-0.1, -0.05) is 13.8 Å². The van der Waals surface area contributed by atoms with Crippen molar-refractivity contribution >= 4 is 59.3 Å². The molecule has 13 N–H and O–H groups in total. The van der Waals surface area contributed by atoms with Gasteiger partial charge >= 0.3 is 23.9 Å². The fourth-order valence-corrected chi connectivity index (χ4v) is 5.48. The van der Waals surface area contributed by atoms with E-state index in [0.29, 0.717) is 25.8 Å². The summed E-state index contributed by atoms with van der Waals surface area (Å²) < 4.78 is 0. The van der Waals surface area contributed by atoms with E-state index in [1.165, 1.54) is 25.7 Å². The molecule has 0 aromatic carbocycles. The Kier molecular flexibility index (Phi) is 19.6. The lowest BCUT2D eigenvalue weighted by molar-refractivity contribution is -0.145. The number of nitrogens with zero attached hydrogens (tertiary/aromatic N) is 1. The van der Waals surface area contributed by atoms with Crippen LogP contribution in [0.15, 0.2) is 0 Å². The summed E-state index contributed by atoms with van der Waals surface area (Å²) in [4.78, 5) is 125. The lowest BCUT2D eigenvalue weighted by Crippen LogP contribution is -2.60. The molecule has 22 heteroatoms. The van der Waals surface area contributed by atoms with Crippen molar-refractivity contribution < 1.29 is 68.4 Å². The molecule has 0 bridgehead atoms. The first-order valence-corrected chi connectivity index (χ1v) is 17.4. The number of carboxylic acids is 4. The SMILES string of the molecule is CC(C)[C@H](NC(=O)[C@H](CCC(=O)O)NC(=O)[C@@H](N)CC(=O)O)C(=O)N[C@@H](CC(=O)O)C(=O)N[C@@H](C)C(=O)N1CCC[C@H]1C(=O)N[C@@H](CCCCN)C(=O)O. The van der Waals surface area contributed by atoms with Gasteiger partial charge in [0, 0.05) is 13.0 Å². The number of aliphatic carboxylic acids is 4. The van der Waals surface area contributed by atoms with Crippen LogP contribution >= 0.6 is 0 Å². The Hall–Kier alpha value is -5.38. The maximum absolute atomic E-state index is 13.4. The average Bonchev–Trinajstić information content (AvgIpc) is 3.57. The minimum Gasteiger partial charge on any atom is -0.481 e. The van der Waals surface area contributed by atoms with Gasteiger partial charge in [0.25, 0.3) is 0 Å². The summed E-state index contributed by atoms with van der Waals surface area (Å²) >= 11 is 0. The van der Waals surface area contributed by atoms with Crippen molar-refractivity contribution in [3.8, 4) is 0 Å². The quantitative estimate of drug-likeness (QED) is 0.0423. The third-order valence-electron chi connectivity index (χ3n) is 8.40. The molecule has 1 aliphatic rings. The number of rotatable bonds is 24. The van der Waals surface area contributed by atoms with E-state index in [-0.39, 0.29) is 19.4 Å². The second-order valence-electron chi connectivity index (χ2n) is 13.2. The third kappa shape index (κ3) is 15.7. The smallest absolute Gasteiger partial charge is 0.326 e. The van der Waals surface area contributed by atoms with Crippen molar-refractivity contribution in [2.75, 3.05) is 13.1 Å². The van der Waals surface area contributed by atoms with Gasteiger partial charge in [-0.05, 0) is 57.9 Å². The van der Waals surface area contributed by atoms with E-state index in [4.69, 9.17) is 21.7 Å². The molecule has 22 nitrogen and oxygen atoms in total. The second kappa shape index (κ2) is 22.6. The number of likely N-dealkylation sites (tertiary alicyclic amines) is 1. The molecule has 304 valence electrons. The van der Waals surface area contributed by atoms with Gasteiger partial charge in [-0.25, -0.2) is 4.79 Å². The summed E-state index contributed by atoms with van der Waals surface area (Å²) in [7, 11) is 0. The average molecular weight is 773 g/mol. The van der Waals surface area contributed by atoms with Crippen molar-refractivity contribution in [3.63, 3.8) is 0 Å². The summed E-state index contributed by atoms with van der Waals surface area (Å²) in [5.74, 6) is -12.0. The van der Waals surface area contributed by atoms with Crippen LogP contribution in [0.2, 0.25) is 0 Å². The maximum atomic E-state index is 13.4. The molecule has 0 aromatic rings. The Morgan fingerprint density at radius 3 is 1.81 bits per heavy atom. The Bertz CT molecular complexity index is 1410. The van der Waals surface area contributed by atoms with Crippen LogP contribution in [0.3, 0.4) is 0 Å². The van der Waals surface area contributed by atoms with Crippen LogP contribution in [0, 0.1) is 5.92 Å². The predicted molar refractivity (Wildman–Crippen MR) is 185 cm³/mol. The van der Waals surface area contributed by atoms with Crippen molar-refractivity contribution in [1.82, 2.24) is 31.5 Å². The minimum atomic E-state index is -1.79. The minimum absolute atomic E-state index is 0.104. The first-order valence-electron chi connectivity index (χ1n) is 17.4. The summed E-state index contributed by atoms with van der Waals surface area (Å²) in [6, 6.07) is -10.1. The largest absolute Gasteiger partial charge is 0.481 e. The van der Waals surface area contributed by atoms with Crippen molar-refractivity contribution in [2.45, 2.75) is 121 Å². The van der Waals surface area contributed by atoms with E-state index in [1.807, 2.05) is 0 Å². The molecule has 7 atom stereocenters. The summed E-state index contributed by atoms with van der Waals surface area (Å²) in [5.41, 5.74) is 11.0. The van der Waals surface area contributed by atoms with Gasteiger partial charge in [0.1, 0.15) is 36.3 Å². The Morgan fingerprint density at radius 2 is 1.28 bits per heavy atom. The van der Waals surface area contributed by atoms with Crippen LogP contribution < -0.4 is 38.1 Å². The van der Waals surface area contributed by atoms with E-state index in [0.717, 1.165) is 0 Å². The normalized spacial score (nSPS) is 17.1. The maximum Gasteiger partial charge on any atom is 0.326 e. The second-order valence-corrected chi connectivity index (χ2v) is 13.2. The molecule has 6 amide bonds. The van der Waals surface area contributed by atoms with E-state index in [9.17, 15) is 58.2 Å². The van der Waals surface area contributed by atoms with Gasteiger partial charge in [0.2, 0.25) is 35.4 Å². The molecule has 0 radical (unpaired) electrons. The van der Waals surface area contributed by atoms with E-state index in [2.05, 4.69) is 26.6 Å². The molecule has 0 aromatic heterocycles. The molecule has 54 heavy (non-hydrogen) atoms. The van der Waals surface area contributed by atoms with E-state index in [1.54, 1.807) is 0 Å². The molecule has 0 aliphatic carbocycles. The number of carbonyl (C=O) groups excluding carboxylic acids is 6. The zero-order chi connectivity index (χ0) is 41.3. The number of hydrogen-bond donors (Lipinski definition) is 11. The number of unbranched alkanes of at least 4 members (excludes halogenated alkanes) is 1. The fraction of sp³-hybridized carbons (Fsp3) is 0.688. The number of hydrogen-bond acceptors (Lipinski definition) is 12. The van der Waals surface area contributed by atoms with Gasteiger partial charge < -0.3 is 63.4 Å². The number of carbonyl (C=O) groups is 10. The highest BCUT2D eigenvalue weighted by Crippen LogP contribution is 2.19. The molecule has 1 aliphatic heterocycles. The summed E-state index contributed by atoms with van der Waals surface area (Å²) in [6.45, 7) is 4.67. The van der Waals surface area contributed by atoms with Gasteiger partial charge in [-0.2, -0.15) is 0 Å². The Balaban J connectivity index is 3.09. The molecule has 1 heterocycles. The standard InChI is InChI=1S/C32H52N8O14/c1-15(2)25(39-27(48)18(9-10-22(41)42)36-26(47)17(34)13-23(43)44)30(51)38-20(14-24(45)46)28(49)35-16(3)31(52)40-12-6-8-21(40)29(50)37-19(32(53)54)7-4-5-11-33/h15-21,25H,4-14,33-34H2,1-3H3,(H,35,49)(H,36,47)(H,37,50)(H,38,51)(H,39,48)(H,41,42)(H,43,44)(H,45,46)(H,53,54)/t16-,17-,18-,19-,20-,21-,25-/m0/s1. The molecular weight excluding hydrogens is 720 g/mol. The van der Waals surface area contributed by atoms with Gasteiger partial charge in [-0.15, -0.1) is 0 Å². The molecular formula is C32H52N8O14. The number of nitrogens with two attached hydrogens (primary N) is 2. The molecule has 1 saturated heterocycles. The predicted octanol–water partition coefficient (Wildman–Crippen LogP) is -3.57. The van der Waals surface area contributed by atoms with Gasteiger partial charge in [-0.3, -0.25) is 43.2 Å². The van der Waals surface area contributed by atoms with Crippen LogP contribution in [0.1, 0.15) is 78.6 Å². The van der Waals surface area contributed by atoms with Gasteiger partial charge in [0.15, 0.2) is 0 Å². The number of nitrogens with one attached hydrogen (secondary N) is 5. The third-order valence-corrected chi connectivity index (χ3v) is 8.40. The highest BCUT2D eigenvalue weighted by Gasteiger charge is 2.39. The van der Waals surface area contributed by atoms with Crippen LogP contribution in [0.4, 0.5) is 0 Å². The Labute approximate surface area is 310 Å². The first kappa shape index (κ1) is 46.6. The van der Waals surface area contributed by atoms with E-state index < -0.39 is 133 Å². The van der Waals surface area contributed by atoms with E-state index >= 15 is 0 Å². The monoisotopic (exact) mass is 772 g/mol. The van der Waals surface area contributed by atoms with Crippen LogP contribution in [0.25, 0.3) is 0 Å². The van der Waals surface area contributed by atoms with Crippen molar-refractivity contribution in [1.29, 1.82) is 0 Å². The Morgan fingerprint density at radius 1 is 0.685 bits per heavy atom. The van der Waals surface area contributed by atoms with Gasteiger partial charge in [0.05, 0.1) is 18.9 Å². The topological polar surface area (TPSA) is 367 Å². The highest BCUT2D eigenvalue weighted by molar-refractivity contribution is 5.98. The lowest BCUT2D eigenvalue weighted by Gasteiger charge is -2.29. The number of carboxylic acid groups (broad SMARTS) is 4. The first-order chi connectivity index (χ1) is 25.2. The number of amides is 6. The molecule has 0 spiro atoms. The van der Waals surface area contributed by atoms with Crippen LogP contribution in [-0.4, -0.2) is 140 Å². The zero-order valence-electron chi connectivity index (χ0n) is 30.4. The van der Waals surface area contributed by atoms with Crippen LogP contribution in [-0.2, 0) is 47.9 Å². The zero-order valence-corrected chi connectivity index (χ0v) is 30.4. The van der Waals surface area contributed by atoms with Crippen molar-refractivity contribution in [3.05, 3.63) is 0 Å². The highest BCUT2D eigenvalue weighted by atomic mass is 16.4. The van der Waals surface area contributed by atoms with Crippen molar-refractivity contribution in [2.24, 2.45) is 17.4 Å². The lowest BCUT2D eigenvalue weighted by atomic mass is 10.0. The summed E-state index contributed by atoms with van der Waals surface area (Å²) in [5, 5.41) is 48.5. The molecule has 1 rings (SSSR count). The molecule has 0 saturated carbocycles. The molecule has 0 unspecified atom stereocenters. The van der Waals surface area contributed by atoms with Crippen LogP contribution in [0.5, 0.6) is 0 Å². The fourth-order valence-electron chi connectivity index (χ4n) is 5.48.